The highest BCUT2D eigenvalue weighted by Crippen LogP contribution is 2.29. The molecule has 0 aliphatic carbocycles. The van der Waals surface area contributed by atoms with Gasteiger partial charge in [0.05, 0.1) is 24.8 Å². The number of carbonyl (C=O) groups is 1. The van der Waals surface area contributed by atoms with Gasteiger partial charge >= 0.3 is 0 Å². The Balaban J connectivity index is 1.96. The predicted octanol–water partition coefficient (Wildman–Crippen LogP) is 5.60. The van der Waals surface area contributed by atoms with E-state index in [0.29, 0.717) is 37.0 Å². The fourth-order valence-corrected chi connectivity index (χ4v) is 3.09. The number of hydrogen-bond acceptors (Lipinski definition) is 4. The quantitative estimate of drug-likeness (QED) is 0.470. The van der Waals surface area contributed by atoms with Crippen molar-refractivity contribution in [1.82, 2.24) is 5.32 Å². The zero-order valence-corrected chi connectivity index (χ0v) is 19.2. The average Bonchev–Trinajstić information content (AvgIpc) is 2.71. The second kappa shape index (κ2) is 11.7. The number of amides is 1. The lowest BCUT2D eigenvalue weighted by Crippen LogP contribution is -2.22. The van der Waals surface area contributed by atoms with Crippen LogP contribution in [0.4, 0.5) is 0 Å². The van der Waals surface area contributed by atoms with Gasteiger partial charge in [-0.3, -0.25) is 4.79 Å². The van der Waals surface area contributed by atoms with E-state index in [4.69, 9.17) is 14.2 Å². The molecular formula is C23H30BrNO4. The summed E-state index contributed by atoms with van der Waals surface area (Å²) in [5, 5.41) is 2.94. The lowest BCUT2D eigenvalue weighted by Gasteiger charge is -2.14. The van der Waals surface area contributed by atoms with E-state index in [0.717, 1.165) is 34.4 Å². The summed E-state index contributed by atoms with van der Waals surface area (Å²) in [6.07, 6.45) is 1.92. The van der Waals surface area contributed by atoms with E-state index >= 15 is 0 Å². The van der Waals surface area contributed by atoms with Gasteiger partial charge in [0.1, 0.15) is 5.75 Å². The second-order valence-electron chi connectivity index (χ2n) is 7.19. The van der Waals surface area contributed by atoms with Crippen LogP contribution in [0.2, 0.25) is 0 Å². The molecule has 0 fully saturated rings. The molecule has 6 heteroatoms. The molecule has 29 heavy (non-hydrogen) atoms. The number of halogens is 1. The highest BCUT2D eigenvalue weighted by molar-refractivity contribution is 9.10. The lowest BCUT2D eigenvalue weighted by molar-refractivity contribution is 0.0950. The zero-order chi connectivity index (χ0) is 21.2. The molecule has 1 N–H and O–H groups in total. The van der Waals surface area contributed by atoms with Gasteiger partial charge in [0.15, 0.2) is 11.5 Å². The predicted molar refractivity (Wildman–Crippen MR) is 119 cm³/mol. The zero-order valence-electron chi connectivity index (χ0n) is 17.6. The number of rotatable bonds is 11. The molecule has 0 heterocycles. The van der Waals surface area contributed by atoms with Gasteiger partial charge < -0.3 is 19.5 Å². The average molecular weight is 464 g/mol. The van der Waals surface area contributed by atoms with Gasteiger partial charge in [0.2, 0.25) is 0 Å². The molecule has 158 valence electrons. The molecule has 1 amide bonds. The molecule has 5 nitrogen and oxygen atoms in total. The van der Waals surface area contributed by atoms with E-state index in [1.807, 2.05) is 18.2 Å². The Bertz CT molecular complexity index is 807. The summed E-state index contributed by atoms with van der Waals surface area (Å²) in [4.78, 5) is 12.5. The summed E-state index contributed by atoms with van der Waals surface area (Å²) >= 11 is 3.46. The van der Waals surface area contributed by atoms with Crippen molar-refractivity contribution in [3.05, 3.63) is 52.0 Å². The third kappa shape index (κ3) is 7.28. The van der Waals surface area contributed by atoms with Crippen LogP contribution in [0.1, 0.15) is 49.5 Å². The van der Waals surface area contributed by atoms with Gasteiger partial charge in [-0.25, -0.2) is 0 Å². The smallest absolute Gasteiger partial charge is 0.251 e. The summed E-state index contributed by atoms with van der Waals surface area (Å²) in [5.41, 5.74) is 1.51. The van der Waals surface area contributed by atoms with Gasteiger partial charge in [-0.05, 0) is 70.6 Å². The number of carbonyl (C=O) groups excluding carboxylic acids is 1. The van der Waals surface area contributed by atoms with Crippen LogP contribution in [0.3, 0.4) is 0 Å². The summed E-state index contributed by atoms with van der Waals surface area (Å²) in [6, 6.07) is 11.1. The van der Waals surface area contributed by atoms with Crippen LogP contribution in [-0.2, 0) is 6.54 Å². The first-order chi connectivity index (χ1) is 13.9. The van der Waals surface area contributed by atoms with Crippen LogP contribution >= 0.6 is 15.9 Å². The third-order valence-corrected chi connectivity index (χ3v) is 4.91. The van der Waals surface area contributed by atoms with Crippen molar-refractivity contribution < 1.29 is 19.0 Å². The third-order valence-electron chi connectivity index (χ3n) is 4.29. The molecule has 0 aromatic heterocycles. The van der Waals surface area contributed by atoms with E-state index in [2.05, 4.69) is 42.0 Å². The molecule has 0 aliphatic rings. The molecule has 0 radical (unpaired) electrons. The maximum Gasteiger partial charge on any atom is 0.251 e. The minimum atomic E-state index is -0.149. The molecule has 2 aromatic rings. The Hall–Kier alpha value is -2.21. The van der Waals surface area contributed by atoms with Crippen LogP contribution in [-0.4, -0.2) is 26.2 Å². The van der Waals surface area contributed by atoms with Crippen LogP contribution in [0, 0.1) is 5.92 Å². The maximum absolute atomic E-state index is 12.5. The normalized spacial score (nSPS) is 10.7. The summed E-state index contributed by atoms with van der Waals surface area (Å²) in [6.45, 7) is 8.07. The van der Waals surface area contributed by atoms with E-state index in [1.165, 1.54) is 0 Å². The van der Waals surface area contributed by atoms with E-state index in [9.17, 15) is 4.79 Å². The van der Waals surface area contributed by atoms with Gasteiger partial charge in [-0.15, -0.1) is 0 Å². The van der Waals surface area contributed by atoms with Gasteiger partial charge in [-0.1, -0.05) is 26.8 Å². The molecule has 0 unspecified atom stereocenters. The largest absolute Gasteiger partial charge is 0.493 e. The standard InChI is InChI=1S/C23H30BrNO4/c1-5-11-28-20-9-7-18(14-19(20)24)23(26)25-15-17-6-8-21(22(13-17)27-4)29-12-10-16(2)3/h6-9,13-14,16H,5,10-12,15H2,1-4H3,(H,25,26). The summed E-state index contributed by atoms with van der Waals surface area (Å²) in [7, 11) is 1.62. The van der Waals surface area contributed by atoms with E-state index < -0.39 is 0 Å². The molecule has 0 saturated heterocycles. The van der Waals surface area contributed by atoms with E-state index in [1.54, 1.807) is 25.3 Å². The van der Waals surface area contributed by atoms with Crippen molar-refractivity contribution in [2.24, 2.45) is 5.92 Å². The Labute approximate surface area is 181 Å². The Morgan fingerprint density at radius 3 is 2.41 bits per heavy atom. The molecular weight excluding hydrogens is 434 g/mol. The Kier molecular flexibility index (Phi) is 9.32. The van der Waals surface area contributed by atoms with Crippen LogP contribution in [0.15, 0.2) is 40.9 Å². The molecule has 0 bridgehead atoms. The second-order valence-corrected chi connectivity index (χ2v) is 8.05. The first kappa shape index (κ1) is 23.1. The van der Waals surface area contributed by atoms with Crippen LogP contribution in [0.25, 0.3) is 0 Å². The molecule has 2 rings (SSSR count). The lowest BCUT2D eigenvalue weighted by atomic mass is 10.1. The molecule has 0 aliphatic heterocycles. The molecule has 0 saturated carbocycles. The first-order valence-corrected chi connectivity index (χ1v) is 10.7. The number of nitrogens with one attached hydrogen (secondary N) is 1. The first-order valence-electron chi connectivity index (χ1n) is 9.94. The summed E-state index contributed by atoms with van der Waals surface area (Å²) < 4.78 is 17.6. The fourth-order valence-electron chi connectivity index (χ4n) is 2.60. The minimum absolute atomic E-state index is 0.149. The van der Waals surface area contributed by atoms with Gasteiger partial charge in [-0.2, -0.15) is 0 Å². The minimum Gasteiger partial charge on any atom is -0.493 e. The van der Waals surface area contributed by atoms with Gasteiger partial charge in [0, 0.05) is 12.1 Å². The van der Waals surface area contributed by atoms with Gasteiger partial charge in [0.25, 0.3) is 5.91 Å². The molecule has 0 spiro atoms. The van der Waals surface area contributed by atoms with Crippen molar-refractivity contribution in [1.29, 1.82) is 0 Å². The van der Waals surface area contributed by atoms with Crippen molar-refractivity contribution >= 4 is 21.8 Å². The van der Waals surface area contributed by atoms with Crippen molar-refractivity contribution in [3.8, 4) is 17.2 Å². The molecule has 0 atom stereocenters. The highest BCUT2D eigenvalue weighted by Gasteiger charge is 2.11. The van der Waals surface area contributed by atoms with Crippen molar-refractivity contribution in [2.45, 2.75) is 40.2 Å². The summed E-state index contributed by atoms with van der Waals surface area (Å²) in [5.74, 6) is 2.56. The SMILES string of the molecule is CCCOc1ccc(C(=O)NCc2ccc(OCCC(C)C)c(OC)c2)cc1Br. The maximum atomic E-state index is 12.5. The number of hydrogen-bond donors (Lipinski definition) is 1. The molecule has 2 aromatic carbocycles. The topological polar surface area (TPSA) is 56.8 Å². The monoisotopic (exact) mass is 463 g/mol. The van der Waals surface area contributed by atoms with E-state index in [-0.39, 0.29) is 5.91 Å². The Morgan fingerprint density at radius 2 is 1.76 bits per heavy atom. The highest BCUT2D eigenvalue weighted by atomic mass is 79.9. The van der Waals surface area contributed by atoms with Crippen LogP contribution < -0.4 is 19.5 Å². The number of benzene rings is 2. The van der Waals surface area contributed by atoms with Crippen molar-refractivity contribution in [3.63, 3.8) is 0 Å². The fraction of sp³-hybridized carbons (Fsp3) is 0.435. The van der Waals surface area contributed by atoms with Crippen LogP contribution in [0.5, 0.6) is 17.2 Å². The number of ether oxygens (including phenoxy) is 3. The Morgan fingerprint density at radius 1 is 1.03 bits per heavy atom. The van der Waals surface area contributed by atoms with Crippen molar-refractivity contribution in [2.75, 3.05) is 20.3 Å². The number of methoxy groups -OCH3 is 1.